The van der Waals surface area contributed by atoms with Crippen molar-refractivity contribution in [1.29, 1.82) is 0 Å². The van der Waals surface area contributed by atoms with Gasteiger partial charge < -0.3 is 14.6 Å². The highest BCUT2D eigenvalue weighted by Crippen LogP contribution is 2.38. The molecular formula is C20H21N5O6S. The largest absolute Gasteiger partial charge is 0.465 e. The van der Waals surface area contributed by atoms with Crippen molar-refractivity contribution in [3.8, 4) is 0 Å². The fraction of sp³-hybridized carbons (Fsp3) is 0.400. The second-order valence-electron chi connectivity index (χ2n) is 7.43. The van der Waals surface area contributed by atoms with Crippen LogP contribution in [0.3, 0.4) is 0 Å². The number of thiophene rings is 1. The SMILES string of the molecule is COC(=O)c1c(NC(=O)c2noc(C)c2Cn2cc([N+](=O)[O-])cn2)sc2c1CCCCC2. The van der Waals surface area contributed by atoms with Crippen molar-refractivity contribution in [3.63, 3.8) is 0 Å². The van der Waals surface area contributed by atoms with Crippen molar-refractivity contribution in [2.75, 3.05) is 12.4 Å². The minimum absolute atomic E-state index is 0.0278. The summed E-state index contributed by atoms with van der Waals surface area (Å²) in [5.74, 6) is -0.636. The van der Waals surface area contributed by atoms with Crippen LogP contribution in [0.5, 0.6) is 0 Å². The molecule has 0 aromatic carbocycles. The second-order valence-corrected chi connectivity index (χ2v) is 8.54. The van der Waals surface area contributed by atoms with Gasteiger partial charge in [0.2, 0.25) is 0 Å². The maximum Gasteiger partial charge on any atom is 0.341 e. The lowest BCUT2D eigenvalue weighted by molar-refractivity contribution is -0.385. The van der Waals surface area contributed by atoms with Crippen LogP contribution in [0, 0.1) is 17.0 Å². The lowest BCUT2D eigenvalue weighted by Crippen LogP contribution is -2.17. The highest BCUT2D eigenvalue weighted by Gasteiger charge is 2.28. The number of methoxy groups -OCH3 is 1. The van der Waals surface area contributed by atoms with Crippen LogP contribution in [-0.4, -0.2) is 38.8 Å². The molecule has 1 amide bonds. The summed E-state index contributed by atoms with van der Waals surface area (Å²) in [7, 11) is 1.32. The van der Waals surface area contributed by atoms with Gasteiger partial charge in [0.05, 0.1) is 24.1 Å². The van der Waals surface area contributed by atoms with E-state index >= 15 is 0 Å². The molecular weight excluding hydrogens is 438 g/mol. The molecule has 0 saturated heterocycles. The topological polar surface area (TPSA) is 142 Å². The van der Waals surface area contributed by atoms with Gasteiger partial charge in [-0.05, 0) is 38.2 Å². The molecule has 11 nitrogen and oxygen atoms in total. The van der Waals surface area contributed by atoms with Gasteiger partial charge in [-0.25, -0.2) is 4.79 Å². The number of nitrogens with one attached hydrogen (secondary N) is 1. The first-order valence-electron chi connectivity index (χ1n) is 10.0. The summed E-state index contributed by atoms with van der Waals surface area (Å²) < 4.78 is 11.5. The molecule has 0 bridgehead atoms. The Morgan fingerprint density at radius 3 is 2.84 bits per heavy atom. The molecule has 0 unspecified atom stereocenters. The van der Waals surface area contributed by atoms with E-state index in [1.165, 1.54) is 29.3 Å². The van der Waals surface area contributed by atoms with E-state index in [0.717, 1.165) is 48.7 Å². The van der Waals surface area contributed by atoms with Crippen LogP contribution in [0.1, 0.15) is 61.9 Å². The molecule has 0 aliphatic heterocycles. The van der Waals surface area contributed by atoms with E-state index in [-0.39, 0.29) is 17.9 Å². The summed E-state index contributed by atoms with van der Waals surface area (Å²) in [5.41, 5.74) is 1.65. The maximum atomic E-state index is 13.1. The van der Waals surface area contributed by atoms with Gasteiger partial charge in [-0.15, -0.1) is 11.3 Å². The molecule has 1 aliphatic rings. The van der Waals surface area contributed by atoms with Crippen molar-refractivity contribution in [2.45, 2.75) is 45.6 Å². The number of hydrogen-bond donors (Lipinski definition) is 1. The van der Waals surface area contributed by atoms with E-state index in [1.807, 2.05) is 0 Å². The molecule has 3 aromatic rings. The molecule has 0 saturated carbocycles. The maximum absolute atomic E-state index is 13.1. The van der Waals surface area contributed by atoms with E-state index in [4.69, 9.17) is 9.26 Å². The molecule has 3 aromatic heterocycles. The number of carbonyl (C=O) groups excluding carboxylic acids is 2. The zero-order chi connectivity index (χ0) is 22.8. The number of nitro groups is 1. The number of nitrogens with zero attached hydrogens (tertiary/aromatic N) is 4. The van der Waals surface area contributed by atoms with Gasteiger partial charge in [0.25, 0.3) is 5.91 Å². The first kappa shape index (κ1) is 21.7. The van der Waals surface area contributed by atoms with E-state index in [0.29, 0.717) is 21.9 Å². The lowest BCUT2D eigenvalue weighted by atomic mass is 10.1. The predicted molar refractivity (Wildman–Crippen MR) is 114 cm³/mol. The summed E-state index contributed by atoms with van der Waals surface area (Å²) in [6, 6.07) is 0. The number of aromatic nitrogens is 3. The Morgan fingerprint density at radius 1 is 1.34 bits per heavy atom. The van der Waals surface area contributed by atoms with Crippen LogP contribution in [0.25, 0.3) is 0 Å². The summed E-state index contributed by atoms with van der Waals surface area (Å²) in [6.45, 7) is 1.71. The molecule has 12 heteroatoms. The van der Waals surface area contributed by atoms with Gasteiger partial charge in [-0.1, -0.05) is 11.6 Å². The van der Waals surface area contributed by atoms with Crippen molar-refractivity contribution in [3.05, 3.63) is 55.5 Å². The van der Waals surface area contributed by atoms with E-state index in [9.17, 15) is 19.7 Å². The number of fused-ring (bicyclic) bond motifs is 1. The first-order chi connectivity index (χ1) is 15.4. The van der Waals surface area contributed by atoms with Crippen LogP contribution >= 0.6 is 11.3 Å². The molecule has 168 valence electrons. The Kier molecular flexibility index (Phi) is 6.04. The van der Waals surface area contributed by atoms with Crippen molar-refractivity contribution in [1.82, 2.24) is 14.9 Å². The summed E-state index contributed by atoms with van der Waals surface area (Å²) in [6.07, 6.45) is 7.11. The molecule has 1 N–H and O–H groups in total. The fourth-order valence-corrected chi connectivity index (χ4v) is 5.03. The van der Waals surface area contributed by atoms with Crippen molar-refractivity contribution >= 4 is 33.9 Å². The van der Waals surface area contributed by atoms with Gasteiger partial charge >= 0.3 is 11.7 Å². The van der Waals surface area contributed by atoms with Gasteiger partial charge in [-0.3, -0.25) is 19.6 Å². The Morgan fingerprint density at radius 2 is 2.12 bits per heavy atom. The molecule has 0 fully saturated rings. The van der Waals surface area contributed by atoms with Gasteiger partial charge in [0.1, 0.15) is 23.2 Å². The molecule has 32 heavy (non-hydrogen) atoms. The van der Waals surface area contributed by atoms with Gasteiger partial charge in [-0.2, -0.15) is 5.10 Å². The van der Waals surface area contributed by atoms with Crippen molar-refractivity contribution in [2.24, 2.45) is 0 Å². The number of amides is 1. The normalized spacial score (nSPS) is 13.3. The zero-order valence-electron chi connectivity index (χ0n) is 17.5. The number of carbonyl (C=O) groups is 2. The monoisotopic (exact) mass is 459 g/mol. The number of anilines is 1. The Balaban J connectivity index is 1.62. The average Bonchev–Trinajstić information content (AvgIpc) is 3.42. The summed E-state index contributed by atoms with van der Waals surface area (Å²) >= 11 is 1.38. The smallest absolute Gasteiger partial charge is 0.341 e. The van der Waals surface area contributed by atoms with Crippen LogP contribution in [0.15, 0.2) is 16.9 Å². The molecule has 4 rings (SSSR count). The highest BCUT2D eigenvalue weighted by molar-refractivity contribution is 7.17. The lowest BCUT2D eigenvalue weighted by Gasteiger charge is -2.07. The molecule has 0 atom stereocenters. The number of ether oxygens (including phenoxy) is 1. The average molecular weight is 459 g/mol. The van der Waals surface area contributed by atoms with Gasteiger partial charge in [0, 0.05) is 10.4 Å². The van der Waals surface area contributed by atoms with Crippen LogP contribution < -0.4 is 5.32 Å². The number of aryl methyl sites for hydroxylation is 2. The number of hydrogen-bond acceptors (Lipinski definition) is 9. The second kappa shape index (κ2) is 8.91. The first-order valence-corrected chi connectivity index (χ1v) is 10.9. The van der Waals surface area contributed by atoms with Crippen molar-refractivity contribution < 1.29 is 23.8 Å². The molecule has 3 heterocycles. The highest BCUT2D eigenvalue weighted by atomic mass is 32.1. The minimum Gasteiger partial charge on any atom is -0.465 e. The van der Waals surface area contributed by atoms with Crippen LogP contribution in [-0.2, 0) is 24.1 Å². The van der Waals surface area contributed by atoms with Crippen LogP contribution in [0.2, 0.25) is 0 Å². The van der Waals surface area contributed by atoms with Crippen LogP contribution in [0.4, 0.5) is 10.7 Å². The summed E-state index contributed by atoms with van der Waals surface area (Å²) in [5, 5.41) is 21.9. The Labute approximate surface area is 186 Å². The van der Waals surface area contributed by atoms with E-state index < -0.39 is 16.8 Å². The molecule has 0 spiro atoms. The quantitative estimate of drug-likeness (QED) is 0.255. The minimum atomic E-state index is -0.549. The molecule has 0 radical (unpaired) electrons. The number of esters is 1. The third-order valence-electron chi connectivity index (χ3n) is 5.39. The Hall–Kier alpha value is -3.54. The third-order valence-corrected chi connectivity index (χ3v) is 6.60. The standard InChI is InChI=1S/C20H21N5O6S/c1-11-14(10-24-9-12(8-21-24)25(28)29)17(23-31-11)18(26)22-19-16(20(27)30-2)13-6-4-3-5-7-15(13)32-19/h8-9H,3-7,10H2,1-2H3,(H,22,26). The van der Waals surface area contributed by atoms with E-state index in [1.54, 1.807) is 6.92 Å². The number of rotatable bonds is 6. The predicted octanol–water partition coefficient (Wildman–Crippen LogP) is 3.51. The van der Waals surface area contributed by atoms with E-state index in [2.05, 4.69) is 15.6 Å². The Bertz CT molecular complexity index is 1190. The summed E-state index contributed by atoms with van der Waals surface area (Å²) in [4.78, 5) is 37.0. The zero-order valence-corrected chi connectivity index (χ0v) is 18.4. The van der Waals surface area contributed by atoms with Gasteiger partial charge in [0.15, 0.2) is 5.69 Å². The molecule has 1 aliphatic carbocycles. The third kappa shape index (κ3) is 4.13. The fourth-order valence-electron chi connectivity index (χ4n) is 3.76.